The minimum atomic E-state index is 0.612. The van der Waals surface area contributed by atoms with Crippen molar-refractivity contribution in [3.8, 4) is 0 Å². The molecule has 3 heteroatoms. The third-order valence-corrected chi connectivity index (χ3v) is 2.18. The lowest BCUT2D eigenvalue weighted by Gasteiger charge is -2.34. The highest BCUT2D eigenvalue weighted by molar-refractivity contribution is 5.12. The van der Waals surface area contributed by atoms with Gasteiger partial charge < -0.3 is 10.3 Å². The first-order valence-electron chi connectivity index (χ1n) is 3.59. The molecule has 1 saturated heterocycles. The Kier molecular flexibility index (Phi) is 1.24. The average Bonchev–Trinajstić information content (AvgIpc) is 2.37. The Hall–Kier alpha value is -0.830. The van der Waals surface area contributed by atoms with Crippen LogP contribution in [0.15, 0.2) is 12.5 Å². The number of nitrogens with zero attached hydrogens (tertiary/aromatic N) is 1. The zero-order chi connectivity index (χ0) is 6.97. The Morgan fingerprint density at radius 2 is 2.60 bits per heavy atom. The summed E-state index contributed by atoms with van der Waals surface area (Å²) >= 11 is 0. The minimum Gasteiger partial charge on any atom is -0.348 e. The molecule has 0 radical (unpaired) electrons. The number of hydrogen-bond acceptors (Lipinski definition) is 2. The van der Waals surface area contributed by atoms with E-state index in [0.29, 0.717) is 12.0 Å². The smallest absolute Gasteiger partial charge is 0.0921 e. The number of nitrogens with one attached hydrogen (secondary N) is 2. The highest BCUT2D eigenvalue weighted by atomic mass is 15.0. The van der Waals surface area contributed by atoms with Gasteiger partial charge in [-0.25, -0.2) is 4.98 Å². The van der Waals surface area contributed by atoms with Crippen LogP contribution in [0.5, 0.6) is 0 Å². The van der Waals surface area contributed by atoms with Crippen LogP contribution in [0.4, 0.5) is 0 Å². The first-order chi connectivity index (χ1) is 4.88. The molecule has 0 aromatic carbocycles. The Balaban J connectivity index is 2.14. The lowest BCUT2D eigenvalue weighted by molar-refractivity contribution is 0.329. The van der Waals surface area contributed by atoms with Crippen LogP contribution in [0, 0.1) is 0 Å². The van der Waals surface area contributed by atoms with E-state index in [1.165, 1.54) is 5.69 Å². The fourth-order valence-corrected chi connectivity index (χ4v) is 1.32. The van der Waals surface area contributed by atoms with Gasteiger partial charge in [-0.1, -0.05) is 0 Å². The molecule has 0 unspecified atom stereocenters. The van der Waals surface area contributed by atoms with E-state index in [9.17, 15) is 0 Å². The lowest BCUT2D eigenvalue weighted by atomic mass is 9.91. The number of aromatic nitrogens is 2. The normalized spacial score (nSPS) is 31.7. The molecule has 1 aliphatic heterocycles. The molecule has 0 amide bonds. The van der Waals surface area contributed by atoms with E-state index < -0.39 is 0 Å². The van der Waals surface area contributed by atoms with Crippen LogP contribution < -0.4 is 5.32 Å². The summed E-state index contributed by atoms with van der Waals surface area (Å²) in [5, 5.41) is 3.30. The quantitative estimate of drug-likeness (QED) is 0.591. The third-order valence-electron chi connectivity index (χ3n) is 2.18. The molecule has 54 valence electrons. The summed E-state index contributed by atoms with van der Waals surface area (Å²) in [5.74, 6) is 0.655. The number of H-pyrrole nitrogens is 1. The standard InChI is InChI=1S/C7H11N3/c1-5-6(2-9-5)7-3-8-4-10-7/h3-6,9H,2H2,1H3,(H,8,10)/t5-,6+/m0/s1. The Labute approximate surface area is 59.9 Å². The maximum Gasteiger partial charge on any atom is 0.0921 e. The highest BCUT2D eigenvalue weighted by Gasteiger charge is 2.28. The van der Waals surface area contributed by atoms with Crippen molar-refractivity contribution in [1.82, 2.24) is 15.3 Å². The SMILES string of the molecule is C[C@@H]1NC[C@H]1c1cnc[nH]1. The summed E-state index contributed by atoms with van der Waals surface area (Å²) in [6.45, 7) is 3.28. The molecule has 1 aliphatic rings. The van der Waals surface area contributed by atoms with E-state index in [2.05, 4.69) is 22.2 Å². The van der Waals surface area contributed by atoms with Crippen molar-refractivity contribution < 1.29 is 0 Å². The van der Waals surface area contributed by atoms with Gasteiger partial charge in [0.25, 0.3) is 0 Å². The van der Waals surface area contributed by atoms with Crippen molar-refractivity contribution in [2.75, 3.05) is 6.54 Å². The molecule has 1 fully saturated rings. The van der Waals surface area contributed by atoms with E-state index >= 15 is 0 Å². The number of hydrogen-bond donors (Lipinski definition) is 2. The molecule has 0 bridgehead atoms. The van der Waals surface area contributed by atoms with Crippen molar-refractivity contribution in [2.24, 2.45) is 0 Å². The van der Waals surface area contributed by atoms with Crippen LogP contribution in [0.3, 0.4) is 0 Å². The fourth-order valence-electron chi connectivity index (χ4n) is 1.32. The Bertz CT molecular complexity index is 205. The topological polar surface area (TPSA) is 40.7 Å². The predicted octanol–water partition coefficient (Wildman–Crippen LogP) is 0.485. The van der Waals surface area contributed by atoms with Crippen molar-refractivity contribution >= 4 is 0 Å². The van der Waals surface area contributed by atoms with Gasteiger partial charge in [0.2, 0.25) is 0 Å². The summed E-state index contributed by atoms with van der Waals surface area (Å²) in [7, 11) is 0. The van der Waals surface area contributed by atoms with Crippen molar-refractivity contribution in [3.63, 3.8) is 0 Å². The van der Waals surface area contributed by atoms with E-state index in [0.717, 1.165) is 6.54 Å². The first kappa shape index (κ1) is 5.92. The number of aromatic amines is 1. The van der Waals surface area contributed by atoms with Gasteiger partial charge in [-0.15, -0.1) is 0 Å². The zero-order valence-corrected chi connectivity index (χ0v) is 5.96. The fraction of sp³-hybridized carbons (Fsp3) is 0.571. The highest BCUT2D eigenvalue weighted by Crippen LogP contribution is 2.22. The van der Waals surface area contributed by atoms with E-state index in [1.54, 1.807) is 6.33 Å². The molecule has 2 heterocycles. The minimum absolute atomic E-state index is 0.612. The van der Waals surface area contributed by atoms with E-state index in [4.69, 9.17) is 0 Å². The number of rotatable bonds is 1. The van der Waals surface area contributed by atoms with Gasteiger partial charge in [0, 0.05) is 30.4 Å². The molecule has 1 aromatic heterocycles. The molecule has 2 atom stereocenters. The second kappa shape index (κ2) is 2.09. The zero-order valence-electron chi connectivity index (χ0n) is 5.96. The van der Waals surface area contributed by atoms with Crippen LogP contribution in [0.2, 0.25) is 0 Å². The van der Waals surface area contributed by atoms with Crippen LogP contribution in [-0.4, -0.2) is 22.6 Å². The van der Waals surface area contributed by atoms with Crippen molar-refractivity contribution in [3.05, 3.63) is 18.2 Å². The molecule has 2 rings (SSSR count). The van der Waals surface area contributed by atoms with E-state index in [1.807, 2.05) is 6.20 Å². The molecule has 10 heavy (non-hydrogen) atoms. The summed E-state index contributed by atoms with van der Waals surface area (Å²) in [5.41, 5.74) is 1.26. The number of imidazole rings is 1. The van der Waals surface area contributed by atoms with Crippen LogP contribution in [0.1, 0.15) is 18.5 Å². The largest absolute Gasteiger partial charge is 0.348 e. The van der Waals surface area contributed by atoms with Gasteiger partial charge in [-0.3, -0.25) is 0 Å². The Morgan fingerprint density at radius 1 is 1.70 bits per heavy atom. The molecule has 0 aliphatic carbocycles. The monoisotopic (exact) mass is 137 g/mol. The summed E-state index contributed by atoms with van der Waals surface area (Å²) in [6.07, 6.45) is 3.64. The van der Waals surface area contributed by atoms with Gasteiger partial charge in [0.05, 0.1) is 6.33 Å². The molecule has 2 N–H and O–H groups in total. The summed E-state index contributed by atoms with van der Waals surface area (Å²) in [6, 6.07) is 0.612. The average molecular weight is 137 g/mol. The van der Waals surface area contributed by atoms with Crippen molar-refractivity contribution in [1.29, 1.82) is 0 Å². The molecule has 1 aromatic rings. The summed E-state index contributed by atoms with van der Waals surface area (Å²) < 4.78 is 0. The first-order valence-corrected chi connectivity index (χ1v) is 3.59. The van der Waals surface area contributed by atoms with Crippen molar-refractivity contribution in [2.45, 2.75) is 18.9 Å². The van der Waals surface area contributed by atoms with Crippen LogP contribution >= 0.6 is 0 Å². The molecule has 0 saturated carbocycles. The van der Waals surface area contributed by atoms with Crippen LogP contribution in [-0.2, 0) is 0 Å². The molecular formula is C7H11N3. The lowest BCUT2D eigenvalue weighted by Crippen LogP contribution is -2.49. The molecule has 3 nitrogen and oxygen atoms in total. The second-order valence-electron chi connectivity index (χ2n) is 2.81. The van der Waals surface area contributed by atoms with E-state index in [-0.39, 0.29) is 0 Å². The van der Waals surface area contributed by atoms with Gasteiger partial charge in [0.1, 0.15) is 0 Å². The third kappa shape index (κ3) is 0.743. The van der Waals surface area contributed by atoms with Gasteiger partial charge in [0.15, 0.2) is 0 Å². The van der Waals surface area contributed by atoms with Gasteiger partial charge >= 0.3 is 0 Å². The van der Waals surface area contributed by atoms with Crippen LogP contribution in [0.25, 0.3) is 0 Å². The Morgan fingerprint density at radius 3 is 3.00 bits per heavy atom. The maximum atomic E-state index is 3.98. The second-order valence-corrected chi connectivity index (χ2v) is 2.81. The summed E-state index contributed by atoms with van der Waals surface area (Å²) in [4.78, 5) is 7.09. The molecular weight excluding hydrogens is 126 g/mol. The van der Waals surface area contributed by atoms with Gasteiger partial charge in [-0.05, 0) is 6.92 Å². The van der Waals surface area contributed by atoms with Gasteiger partial charge in [-0.2, -0.15) is 0 Å². The molecule has 0 spiro atoms. The maximum absolute atomic E-state index is 3.98. The predicted molar refractivity (Wildman–Crippen MR) is 38.8 cm³/mol.